The minimum Gasteiger partial charge on any atom is -0.376 e. The van der Waals surface area contributed by atoms with Gasteiger partial charge in [0.1, 0.15) is 0 Å². The normalized spacial score (nSPS) is 20.2. The second-order valence-electron chi connectivity index (χ2n) is 4.90. The summed E-state index contributed by atoms with van der Waals surface area (Å²) < 4.78 is 31.1. The molecular formula is C13H16N2O3S. The van der Waals surface area contributed by atoms with E-state index in [2.05, 4.69) is 4.98 Å². The lowest BCUT2D eigenvalue weighted by molar-refractivity contribution is 0.0958. The fourth-order valence-corrected chi connectivity index (χ4v) is 3.34. The van der Waals surface area contributed by atoms with Crippen molar-refractivity contribution in [1.82, 2.24) is 9.55 Å². The molecule has 0 radical (unpaired) electrons. The fraction of sp³-hybridized carbons (Fsp3) is 0.462. The Morgan fingerprint density at radius 3 is 2.89 bits per heavy atom. The van der Waals surface area contributed by atoms with E-state index in [1.54, 1.807) is 4.57 Å². The summed E-state index contributed by atoms with van der Waals surface area (Å²) in [6, 6.07) is 7.47. The Labute approximate surface area is 112 Å². The lowest BCUT2D eigenvalue weighted by Gasteiger charge is -2.13. The molecule has 1 unspecified atom stereocenters. The van der Waals surface area contributed by atoms with E-state index in [0.29, 0.717) is 12.1 Å². The zero-order valence-corrected chi connectivity index (χ0v) is 11.6. The van der Waals surface area contributed by atoms with Crippen molar-refractivity contribution in [3.63, 3.8) is 0 Å². The molecule has 2 aromatic rings. The number of sulfone groups is 1. The summed E-state index contributed by atoms with van der Waals surface area (Å²) in [6.07, 6.45) is 3.28. The van der Waals surface area contributed by atoms with Gasteiger partial charge in [-0.05, 0) is 25.0 Å². The molecule has 1 aliphatic heterocycles. The van der Waals surface area contributed by atoms with E-state index in [1.807, 2.05) is 24.3 Å². The van der Waals surface area contributed by atoms with Crippen LogP contribution in [0.25, 0.3) is 11.0 Å². The summed E-state index contributed by atoms with van der Waals surface area (Å²) in [5.74, 6) is 0. The van der Waals surface area contributed by atoms with Gasteiger partial charge in [-0.2, -0.15) is 0 Å². The van der Waals surface area contributed by atoms with Gasteiger partial charge in [-0.15, -0.1) is 0 Å². The third-order valence-corrected chi connectivity index (χ3v) is 4.34. The van der Waals surface area contributed by atoms with Crippen LogP contribution in [-0.4, -0.2) is 36.9 Å². The largest absolute Gasteiger partial charge is 0.376 e. The van der Waals surface area contributed by atoms with Crippen LogP contribution < -0.4 is 0 Å². The van der Waals surface area contributed by atoms with Gasteiger partial charge in [0.25, 0.3) is 0 Å². The highest BCUT2D eigenvalue weighted by molar-refractivity contribution is 7.90. The van der Waals surface area contributed by atoms with E-state index in [4.69, 9.17) is 4.74 Å². The molecule has 0 N–H and O–H groups in total. The smallest absolute Gasteiger partial charge is 0.228 e. The van der Waals surface area contributed by atoms with Crippen LogP contribution >= 0.6 is 0 Å². The van der Waals surface area contributed by atoms with E-state index < -0.39 is 9.84 Å². The molecule has 102 valence electrons. The van der Waals surface area contributed by atoms with Crippen LogP contribution in [0.4, 0.5) is 0 Å². The Hall–Kier alpha value is -1.40. The van der Waals surface area contributed by atoms with Crippen molar-refractivity contribution >= 4 is 20.9 Å². The zero-order chi connectivity index (χ0) is 13.5. The Kier molecular flexibility index (Phi) is 3.06. The predicted octanol–water partition coefficient (Wildman–Crippen LogP) is 1.62. The van der Waals surface area contributed by atoms with Crippen LogP contribution in [0.3, 0.4) is 0 Å². The molecule has 6 heteroatoms. The molecule has 0 spiro atoms. The Morgan fingerprint density at radius 1 is 1.42 bits per heavy atom. The number of hydrogen-bond donors (Lipinski definition) is 0. The van der Waals surface area contributed by atoms with Crippen molar-refractivity contribution in [3.05, 3.63) is 24.3 Å². The van der Waals surface area contributed by atoms with E-state index in [-0.39, 0.29) is 11.3 Å². The van der Waals surface area contributed by atoms with Gasteiger partial charge < -0.3 is 9.30 Å². The first-order valence-corrected chi connectivity index (χ1v) is 8.22. The van der Waals surface area contributed by atoms with E-state index in [9.17, 15) is 8.42 Å². The summed E-state index contributed by atoms with van der Waals surface area (Å²) in [5.41, 5.74) is 1.55. The minimum atomic E-state index is -3.34. The molecule has 0 amide bonds. The molecule has 19 heavy (non-hydrogen) atoms. The summed E-state index contributed by atoms with van der Waals surface area (Å²) in [7, 11) is -3.34. The molecule has 1 atom stereocenters. The van der Waals surface area contributed by atoms with Gasteiger partial charge in [0, 0.05) is 12.9 Å². The van der Waals surface area contributed by atoms with Crippen LogP contribution in [0, 0.1) is 0 Å². The number of nitrogens with zero attached hydrogens (tertiary/aromatic N) is 2. The molecular weight excluding hydrogens is 264 g/mol. The molecule has 0 aliphatic carbocycles. The summed E-state index contributed by atoms with van der Waals surface area (Å²) >= 11 is 0. The summed E-state index contributed by atoms with van der Waals surface area (Å²) in [4.78, 5) is 4.25. The number of para-hydroxylation sites is 2. The average Bonchev–Trinajstić information content (AvgIpc) is 2.97. The number of fused-ring (bicyclic) bond motifs is 1. The van der Waals surface area contributed by atoms with Gasteiger partial charge >= 0.3 is 0 Å². The number of imidazole rings is 1. The number of benzene rings is 1. The fourth-order valence-electron chi connectivity index (χ4n) is 2.50. The minimum absolute atomic E-state index is 0.0816. The molecule has 2 heterocycles. The number of rotatable bonds is 3. The molecule has 3 rings (SSSR count). The molecule has 1 aromatic carbocycles. The van der Waals surface area contributed by atoms with Crippen LogP contribution in [-0.2, 0) is 21.1 Å². The summed E-state index contributed by atoms with van der Waals surface area (Å²) in [6.45, 7) is 1.30. The average molecular weight is 280 g/mol. The second kappa shape index (κ2) is 4.61. The molecule has 5 nitrogen and oxygen atoms in total. The van der Waals surface area contributed by atoms with Gasteiger partial charge in [0.2, 0.25) is 15.0 Å². The van der Waals surface area contributed by atoms with Crippen LogP contribution in [0.1, 0.15) is 12.8 Å². The third-order valence-electron chi connectivity index (χ3n) is 3.36. The highest BCUT2D eigenvalue weighted by Gasteiger charge is 2.23. The van der Waals surface area contributed by atoms with Gasteiger partial charge in [-0.3, -0.25) is 0 Å². The molecule has 1 aliphatic rings. The second-order valence-corrected chi connectivity index (χ2v) is 6.81. The highest BCUT2D eigenvalue weighted by Crippen LogP contribution is 2.23. The van der Waals surface area contributed by atoms with Crippen molar-refractivity contribution in [1.29, 1.82) is 0 Å². The lowest BCUT2D eigenvalue weighted by Crippen LogP contribution is -2.18. The highest BCUT2D eigenvalue weighted by atomic mass is 32.2. The Balaban J connectivity index is 2.13. The van der Waals surface area contributed by atoms with Gasteiger partial charge in [0.15, 0.2) is 0 Å². The van der Waals surface area contributed by atoms with Crippen LogP contribution in [0.5, 0.6) is 0 Å². The molecule has 1 fully saturated rings. The monoisotopic (exact) mass is 280 g/mol. The maximum atomic E-state index is 11.9. The number of hydrogen-bond acceptors (Lipinski definition) is 4. The number of ether oxygens (including phenoxy) is 1. The standard InChI is InChI=1S/C13H16N2O3S/c1-19(16,17)13-14-11-6-2-3-7-12(11)15(13)9-10-5-4-8-18-10/h2-3,6-7,10H,4-5,8-9H2,1H3. The van der Waals surface area contributed by atoms with Crippen molar-refractivity contribution < 1.29 is 13.2 Å². The first kappa shape index (κ1) is 12.6. The van der Waals surface area contributed by atoms with Gasteiger partial charge in [-0.1, -0.05) is 12.1 Å². The molecule has 1 saturated heterocycles. The maximum absolute atomic E-state index is 11.9. The maximum Gasteiger partial charge on any atom is 0.228 e. The third kappa shape index (κ3) is 2.37. The van der Waals surface area contributed by atoms with E-state index >= 15 is 0 Å². The van der Waals surface area contributed by atoms with Crippen LogP contribution in [0.2, 0.25) is 0 Å². The first-order chi connectivity index (χ1) is 9.05. The van der Waals surface area contributed by atoms with Crippen molar-refractivity contribution in [3.8, 4) is 0 Å². The van der Waals surface area contributed by atoms with Gasteiger partial charge in [-0.25, -0.2) is 13.4 Å². The summed E-state index contributed by atoms with van der Waals surface area (Å²) in [5, 5.41) is 0.129. The quantitative estimate of drug-likeness (QED) is 0.857. The van der Waals surface area contributed by atoms with E-state index in [1.165, 1.54) is 6.26 Å². The van der Waals surface area contributed by atoms with Crippen molar-refractivity contribution in [2.24, 2.45) is 0 Å². The Bertz CT molecular complexity index is 700. The SMILES string of the molecule is CS(=O)(=O)c1nc2ccccc2n1CC1CCCO1. The number of aromatic nitrogens is 2. The van der Waals surface area contributed by atoms with Gasteiger partial charge in [0.05, 0.1) is 23.7 Å². The zero-order valence-electron chi connectivity index (χ0n) is 10.7. The lowest BCUT2D eigenvalue weighted by atomic mass is 10.2. The Morgan fingerprint density at radius 2 is 2.21 bits per heavy atom. The van der Waals surface area contributed by atoms with E-state index in [0.717, 1.165) is 25.0 Å². The van der Waals surface area contributed by atoms with Crippen molar-refractivity contribution in [2.75, 3.05) is 12.9 Å². The topological polar surface area (TPSA) is 61.2 Å². The molecule has 0 bridgehead atoms. The van der Waals surface area contributed by atoms with Crippen LogP contribution in [0.15, 0.2) is 29.4 Å². The predicted molar refractivity (Wildman–Crippen MR) is 71.8 cm³/mol. The molecule has 0 saturated carbocycles. The van der Waals surface area contributed by atoms with Crippen molar-refractivity contribution in [2.45, 2.75) is 30.6 Å². The molecule has 1 aromatic heterocycles. The first-order valence-electron chi connectivity index (χ1n) is 6.32.